The Bertz CT molecular complexity index is 1390. The molecule has 2 aromatic heterocycles. The van der Waals surface area contributed by atoms with Gasteiger partial charge in [0.15, 0.2) is 5.69 Å². The molecule has 1 aromatic carbocycles. The molecule has 10 heteroatoms. The molecule has 0 bridgehead atoms. The molecule has 1 saturated heterocycles. The van der Waals surface area contributed by atoms with Crippen LogP contribution < -0.4 is 27.4 Å². The lowest BCUT2D eigenvalue weighted by Crippen LogP contribution is -2.43. The molecule has 3 aromatic rings. The number of pyridine rings is 2. The molecule has 2 amide bonds. The van der Waals surface area contributed by atoms with Crippen LogP contribution in [0.5, 0.6) is 0 Å². The molecule has 1 atom stereocenters. The van der Waals surface area contributed by atoms with Crippen molar-refractivity contribution in [2.45, 2.75) is 56.9 Å². The van der Waals surface area contributed by atoms with Crippen LogP contribution in [0.1, 0.15) is 77.3 Å². The Hall–Kier alpha value is -4.05. The van der Waals surface area contributed by atoms with Gasteiger partial charge in [0.25, 0.3) is 11.8 Å². The number of primary amides is 1. The average Bonchev–Trinajstić information content (AvgIpc) is 2.94. The number of nitrogens with zero attached hydrogens (tertiary/aromatic N) is 3. The van der Waals surface area contributed by atoms with Gasteiger partial charge < -0.3 is 27.4 Å². The Kier molecular flexibility index (Phi) is 7.74. The molecule has 0 radical (unpaired) electrons. The van der Waals surface area contributed by atoms with Gasteiger partial charge >= 0.3 is 0 Å². The lowest BCUT2D eigenvalue weighted by atomic mass is 9.82. The van der Waals surface area contributed by atoms with E-state index in [2.05, 4.69) is 20.2 Å². The first-order valence-corrected chi connectivity index (χ1v) is 13.5. The summed E-state index contributed by atoms with van der Waals surface area (Å²) in [6.45, 7) is 1.48. The number of anilines is 3. The fourth-order valence-corrected chi connectivity index (χ4v) is 5.66. The molecule has 1 aliphatic carbocycles. The number of halogens is 1. The van der Waals surface area contributed by atoms with Crippen LogP contribution in [0.4, 0.5) is 21.5 Å². The second-order valence-electron chi connectivity index (χ2n) is 10.5. The van der Waals surface area contributed by atoms with Crippen LogP contribution in [0, 0.1) is 5.82 Å². The first kappa shape index (κ1) is 26.6. The number of nitrogen functional groups attached to an aromatic ring is 1. The summed E-state index contributed by atoms with van der Waals surface area (Å²) in [5.41, 5.74) is 20.2. The third-order valence-corrected chi connectivity index (χ3v) is 7.70. The predicted octanol–water partition coefficient (Wildman–Crippen LogP) is 4.19. The molecule has 2 fully saturated rings. The Morgan fingerprint density at radius 1 is 1.05 bits per heavy atom. The van der Waals surface area contributed by atoms with E-state index in [1.54, 1.807) is 30.6 Å². The van der Waals surface area contributed by atoms with E-state index in [-0.39, 0.29) is 40.2 Å². The Balaban J connectivity index is 1.48. The maximum atomic E-state index is 15.5. The molecule has 5 rings (SSSR count). The lowest BCUT2D eigenvalue weighted by molar-refractivity contribution is 0.0993. The molecular formula is C29H34FN7O2. The van der Waals surface area contributed by atoms with Gasteiger partial charge in [-0.3, -0.25) is 14.6 Å². The van der Waals surface area contributed by atoms with Gasteiger partial charge in [0.1, 0.15) is 5.82 Å². The molecule has 1 saturated carbocycles. The van der Waals surface area contributed by atoms with Gasteiger partial charge in [-0.05, 0) is 67.5 Å². The van der Waals surface area contributed by atoms with Gasteiger partial charge in [-0.15, -0.1) is 0 Å². The van der Waals surface area contributed by atoms with Crippen molar-refractivity contribution in [2.24, 2.45) is 11.5 Å². The summed E-state index contributed by atoms with van der Waals surface area (Å²) in [4.78, 5) is 36.3. The topological polar surface area (TPSA) is 153 Å². The molecule has 1 aliphatic heterocycles. The fourth-order valence-electron chi connectivity index (χ4n) is 5.66. The zero-order valence-corrected chi connectivity index (χ0v) is 21.8. The number of nitrogens with two attached hydrogens (primary N) is 3. The zero-order valence-electron chi connectivity index (χ0n) is 21.8. The SMILES string of the molecule is NC(=O)c1cc(C2CCCCC2)cc(-c2ccc(N)c(C(=O)Nc3cnccc3N3CCC[C@H](N)C3)n2)c1F. The number of benzene rings is 1. The smallest absolute Gasteiger partial charge is 0.276 e. The van der Waals surface area contributed by atoms with E-state index in [1.165, 1.54) is 6.07 Å². The number of hydrogen-bond donors (Lipinski definition) is 4. The summed E-state index contributed by atoms with van der Waals surface area (Å²) >= 11 is 0. The second kappa shape index (κ2) is 11.4. The van der Waals surface area contributed by atoms with E-state index in [9.17, 15) is 9.59 Å². The molecule has 9 nitrogen and oxygen atoms in total. The third kappa shape index (κ3) is 5.70. The average molecular weight is 532 g/mol. The van der Waals surface area contributed by atoms with Crippen LogP contribution in [0.2, 0.25) is 0 Å². The highest BCUT2D eigenvalue weighted by Crippen LogP contribution is 2.37. The number of carbonyl (C=O) groups is 2. The van der Waals surface area contributed by atoms with Crippen LogP contribution in [0.15, 0.2) is 42.7 Å². The number of aromatic nitrogens is 2. The molecule has 204 valence electrons. The van der Waals surface area contributed by atoms with Crippen molar-refractivity contribution in [1.29, 1.82) is 0 Å². The minimum atomic E-state index is -0.846. The first-order valence-electron chi connectivity index (χ1n) is 13.5. The molecule has 0 unspecified atom stereocenters. The van der Waals surface area contributed by atoms with E-state index in [0.717, 1.165) is 62.7 Å². The third-order valence-electron chi connectivity index (χ3n) is 7.70. The van der Waals surface area contributed by atoms with E-state index in [4.69, 9.17) is 17.2 Å². The maximum Gasteiger partial charge on any atom is 0.276 e. The molecule has 7 N–H and O–H groups in total. The summed E-state index contributed by atoms with van der Waals surface area (Å²) in [5.74, 6) is -1.95. The van der Waals surface area contributed by atoms with Crippen LogP contribution in [0.3, 0.4) is 0 Å². The molecule has 0 spiro atoms. The maximum absolute atomic E-state index is 15.5. The quantitative estimate of drug-likeness (QED) is 0.372. The highest BCUT2D eigenvalue weighted by molar-refractivity contribution is 6.08. The van der Waals surface area contributed by atoms with Crippen LogP contribution >= 0.6 is 0 Å². The largest absolute Gasteiger partial charge is 0.397 e. The molecule has 3 heterocycles. The number of piperidine rings is 1. The second-order valence-corrected chi connectivity index (χ2v) is 10.5. The van der Waals surface area contributed by atoms with Gasteiger partial charge in [0, 0.05) is 30.9 Å². The number of carbonyl (C=O) groups excluding carboxylic acids is 2. The Labute approximate surface area is 227 Å². The van der Waals surface area contributed by atoms with Gasteiger partial charge in [-0.2, -0.15) is 0 Å². The van der Waals surface area contributed by atoms with E-state index in [0.29, 0.717) is 12.2 Å². The number of amides is 2. The van der Waals surface area contributed by atoms with E-state index in [1.807, 2.05) is 6.07 Å². The summed E-state index contributed by atoms with van der Waals surface area (Å²) in [5, 5.41) is 2.87. The highest BCUT2D eigenvalue weighted by Gasteiger charge is 2.25. The van der Waals surface area contributed by atoms with Gasteiger partial charge in [0.05, 0.1) is 34.5 Å². The summed E-state index contributed by atoms with van der Waals surface area (Å²) in [7, 11) is 0. The zero-order chi connectivity index (χ0) is 27.5. The fraction of sp³-hybridized carbons (Fsp3) is 0.379. The van der Waals surface area contributed by atoms with Crippen molar-refractivity contribution in [2.75, 3.05) is 29.0 Å². The minimum absolute atomic E-state index is 0.0500. The van der Waals surface area contributed by atoms with Crippen LogP contribution in [0.25, 0.3) is 11.3 Å². The van der Waals surface area contributed by atoms with Crippen molar-refractivity contribution in [1.82, 2.24) is 9.97 Å². The monoisotopic (exact) mass is 531 g/mol. The highest BCUT2D eigenvalue weighted by atomic mass is 19.1. The van der Waals surface area contributed by atoms with E-state index < -0.39 is 17.6 Å². The lowest BCUT2D eigenvalue weighted by Gasteiger charge is -2.33. The summed E-state index contributed by atoms with van der Waals surface area (Å²) < 4.78 is 15.5. The number of nitrogens with one attached hydrogen (secondary N) is 1. The summed E-state index contributed by atoms with van der Waals surface area (Å²) in [6.07, 6.45) is 10.4. The summed E-state index contributed by atoms with van der Waals surface area (Å²) in [6, 6.07) is 8.22. The molecule has 2 aliphatic rings. The Morgan fingerprint density at radius 3 is 2.59 bits per heavy atom. The van der Waals surface area contributed by atoms with Crippen molar-refractivity contribution >= 4 is 28.9 Å². The van der Waals surface area contributed by atoms with Gasteiger partial charge in [-0.1, -0.05) is 19.3 Å². The van der Waals surface area contributed by atoms with Crippen molar-refractivity contribution in [3.8, 4) is 11.3 Å². The van der Waals surface area contributed by atoms with Crippen molar-refractivity contribution in [3.63, 3.8) is 0 Å². The Morgan fingerprint density at radius 2 is 1.85 bits per heavy atom. The van der Waals surface area contributed by atoms with Gasteiger partial charge in [0.2, 0.25) is 0 Å². The van der Waals surface area contributed by atoms with Crippen molar-refractivity contribution in [3.05, 3.63) is 65.4 Å². The minimum Gasteiger partial charge on any atom is -0.397 e. The van der Waals surface area contributed by atoms with Crippen LogP contribution in [-0.2, 0) is 0 Å². The van der Waals surface area contributed by atoms with Crippen molar-refractivity contribution < 1.29 is 14.0 Å². The van der Waals surface area contributed by atoms with E-state index >= 15 is 4.39 Å². The standard InChI is InChI=1S/C29H34FN7O2/c30-26-20(13-18(14-21(26)28(33)38)17-5-2-1-3-6-17)23-9-8-22(32)27(35-23)29(39)36-24-15-34-11-10-25(24)37-12-4-7-19(31)16-37/h8-11,13-15,17,19H,1-7,12,16,31-32H2,(H2,33,38)(H,36,39)/t19-/m0/s1. The molecular weight excluding hydrogens is 497 g/mol. The molecule has 39 heavy (non-hydrogen) atoms. The first-order chi connectivity index (χ1) is 18.8. The van der Waals surface area contributed by atoms with Gasteiger partial charge in [-0.25, -0.2) is 9.37 Å². The normalized spacial score (nSPS) is 18.1. The van der Waals surface area contributed by atoms with Crippen LogP contribution in [-0.4, -0.2) is 40.9 Å². The number of rotatable bonds is 6. The predicted molar refractivity (Wildman–Crippen MR) is 150 cm³/mol. The number of hydrogen-bond acceptors (Lipinski definition) is 7.